The number of aliphatic hydroxyl groups excluding tert-OH is 1. The lowest BCUT2D eigenvalue weighted by Gasteiger charge is -2.37. The molecule has 1 unspecified atom stereocenters. The highest BCUT2D eigenvalue weighted by Gasteiger charge is 2.37. The topological polar surface area (TPSA) is 29.5 Å². The largest absolute Gasteiger partial charge is 0.416 e. The number of hydrogen-bond donors (Lipinski definition) is 1. The maximum atomic E-state index is 9.52. The van der Waals surface area contributed by atoms with E-state index in [-0.39, 0.29) is 17.6 Å². The normalized spacial score (nSPS) is 14.4. The zero-order valence-electron chi connectivity index (χ0n) is 12.9. The second-order valence-electron chi connectivity index (χ2n) is 6.81. The molecule has 0 bridgehead atoms. The van der Waals surface area contributed by atoms with Gasteiger partial charge in [-0.25, -0.2) is 0 Å². The van der Waals surface area contributed by atoms with Crippen LogP contribution in [0.1, 0.15) is 26.3 Å². The Morgan fingerprint density at radius 2 is 1.74 bits per heavy atom. The van der Waals surface area contributed by atoms with Gasteiger partial charge < -0.3 is 9.53 Å². The molecule has 3 heteroatoms. The Bertz CT molecular complexity index is 368. The van der Waals surface area contributed by atoms with E-state index in [2.05, 4.69) is 46.0 Å². The molecule has 0 aliphatic rings. The second kappa shape index (κ2) is 6.68. The van der Waals surface area contributed by atoms with Crippen LogP contribution >= 0.6 is 0 Å². The van der Waals surface area contributed by atoms with E-state index < -0.39 is 8.32 Å². The third-order valence-corrected chi connectivity index (χ3v) is 8.61. The summed E-state index contributed by atoms with van der Waals surface area (Å²) in [6.45, 7) is 12.1. The average molecular weight is 280 g/mol. The van der Waals surface area contributed by atoms with Crippen LogP contribution in [0.4, 0.5) is 0 Å². The third-order valence-electron chi connectivity index (χ3n) is 4.11. The summed E-state index contributed by atoms with van der Waals surface area (Å²) in [6.07, 6.45) is 0.881. The Labute approximate surface area is 118 Å². The molecule has 0 radical (unpaired) electrons. The number of rotatable bonds is 6. The first-order chi connectivity index (χ1) is 8.76. The van der Waals surface area contributed by atoms with Crippen LogP contribution in [-0.4, -0.2) is 26.6 Å². The van der Waals surface area contributed by atoms with Gasteiger partial charge in [-0.2, -0.15) is 0 Å². The molecule has 0 spiro atoms. The lowest BCUT2D eigenvalue weighted by molar-refractivity contribution is 0.153. The first kappa shape index (κ1) is 16.4. The summed E-state index contributed by atoms with van der Waals surface area (Å²) in [5, 5.41) is 9.74. The Morgan fingerprint density at radius 1 is 1.16 bits per heavy atom. The van der Waals surface area contributed by atoms with Crippen LogP contribution < -0.4 is 0 Å². The Hall–Kier alpha value is -0.643. The maximum Gasteiger partial charge on any atom is 0.191 e. The SMILES string of the molecule is CC(C)(C)[Si](C)(C)OCC(CO)Cc1ccccc1. The average Bonchev–Trinajstić information content (AvgIpc) is 2.34. The van der Waals surface area contributed by atoms with Crippen molar-refractivity contribution in [3.05, 3.63) is 35.9 Å². The highest BCUT2D eigenvalue weighted by Crippen LogP contribution is 2.36. The van der Waals surface area contributed by atoms with Gasteiger partial charge in [0.05, 0.1) is 0 Å². The zero-order valence-corrected chi connectivity index (χ0v) is 13.9. The van der Waals surface area contributed by atoms with Crippen molar-refractivity contribution in [2.75, 3.05) is 13.2 Å². The van der Waals surface area contributed by atoms with E-state index in [9.17, 15) is 5.11 Å². The van der Waals surface area contributed by atoms with Gasteiger partial charge >= 0.3 is 0 Å². The molecular formula is C16H28O2Si. The molecule has 0 saturated carbocycles. The first-order valence-electron chi connectivity index (χ1n) is 7.05. The minimum Gasteiger partial charge on any atom is -0.416 e. The van der Waals surface area contributed by atoms with E-state index in [1.165, 1.54) is 5.56 Å². The quantitative estimate of drug-likeness (QED) is 0.802. The molecule has 1 rings (SSSR count). The van der Waals surface area contributed by atoms with E-state index in [0.717, 1.165) is 6.42 Å². The summed E-state index contributed by atoms with van der Waals surface area (Å²) in [5.74, 6) is 0.191. The standard InChI is InChI=1S/C16H28O2Si/c1-16(2,3)19(4,5)18-13-15(12-17)11-14-9-7-6-8-10-14/h6-10,15,17H,11-13H2,1-5H3. The van der Waals surface area contributed by atoms with Crippen LogP contribution in [0.25, 0.3) is 0 Å². The summed E-state index contributed by atoms with van der Waals surface area (Å²) in [4.78, 5) is 0. The second-order valence-corrected chi connectivity index (χ2v) is 11.6. The highest BCUT2D eigenvalue weighted by atomic mass is 28.4. The summed E-state index contributed by atoms with van der Waals surface area (Å²) in [5.41, 5.74) is 1.26. The fourth-order valence-electron chi connectivity index (χ4n) is 1.67. The molecule has 0 aliphatic heterocycles. The van der Waals surface area contributed by atoms with Gasteiger partial charge in [-0.3, -0.25) is 0 Å². The van der Waals surface area contributed by atoms with Crippen molar-refractivity contribution in [2.24, 2.45) is 5.92 Å². The molecule has 1 aromatic rings. The van der Waals surface area contributed by atoms with Gasteiger partial charge in [-0.1, -0.05) is 51.1 Å². The molecule has 1 aromatic carbocycles. The van der Waals surface area contributed by atoms with E-state index in [1.54, 1.807) is 0 Å². The van der Waals surface area contributed by atoms with Crippen LogP contribution in [0, 0.1) is 5.92 Å². The van der Waals surface area contributed by atoms with Crippen molar-refractivity contribution < 1.29 is 9.53 Å². The Balaban J connectivity index is 2.54. The summed E-state index contributed by atoms with van der Waals surface area (Å²) in [7, 11) is -1.71. The van der Waals surface area contributed by atoms with Crippen molar-refractivity contribution in [3.8, 4) is 0 Å². The van der Waals surface area contributed by atoms with Crippen molar-refractivity contribution >= 4 is 8.32 Å². The van der Waals surface area contributed by atoms with Crippen LogP contribution in [0.3, 0.4) is 0 Å². The van der Waals surface area contributed by atoms with E-state index in [0.29, 0.717) is 6.61 Å². The van der Waals surface area contributed by atoms with Crippen molar-refractivity contribution in [1.82, 2.24) is 0 Å². The minimum atomic E-state index is -1.71. The van der Waals surface area contributed by atoms with E-state index in [4.69, 9.17) is 4.43 Å². The zero-order chi connectivity index (χ0) is 14.5. The molecule has 1 N–H and O–H groups in total. The van der Waals surface area contributed by atoms with Gasteiger partial charge in [0.1, 0.15) is 0 Å². The molecule has 0 fully saturated rings. The van der Waals surface area contributed by atoms with Crippen LogP contribution in [-0.2, 0) is 10.8 Å². The van der Waals surface area contributed by atoms with Gasteiger partial charge in [0, 0.05) is 19.1 Å². The fourth-order valence-corrected chi connectivity index (χ4v) is 2.75. The number of benzene rings is 1. The molecule has 0 heterocycles. The van der Waals surface area contributed by atoms with Gasteiger partial charge in [0.25, 0.3) is 0 Å². The van der Waals surface area contributed by atoms with E-state index in [1.807, 2.05) is 18.2 Å². The molecule has 0 aliphatic carbocycles. The molecule has 0 aromatic heterocycles. The van der Waals surface area contributed by atoms with Crippen LogP contribution in [0.2, 0.25) is 18.1 Å². The van der Waals surface area contributed by atoms with Gasteiger partial charge in [0.15, 0.2) is 8.32 Å². The highest BCUT2D eigenvalue weighted by molar-refractivity contribution is 6.74. The van der Waals surface area contributed by atoms with Crippen molar-refractivity contribution in [1.29, 1.82) is 0 Å². The van der Waals surface area contributed by atoms with Gasteiger partial charge in [0.2, 0.25) is 0 Å². The Morgan fingerprint density at radius 3 is 2.21 bits per heavy atom. The molecule has 19 heavy (non-hydrogen) atoms. The third kappa shape index (κ3) is 5.09. The summed E-state index contributed by atoms with van der Waals surface area (Å²) < 4.78 is 6.20. The lowest BCUT2D eigenvalue weighted by Crippen LogP contribution is -2.42. The first-order valence-corrected chi connectivity index (χ1v) is 9.96. The smallest absolute Gasteiger partial charge is 0.191 e. The molecule has 108 valence electrons. The summed E-state index contributed by atoms with van der Waals surface area (Å²) in [6, 6.07) is 10.3. The van der Waals surface area contributed by atoms with Crippen molar-refractivity contribution in [2.45, 2.75) is 45.3 Å². The predicted octanol–water partition coefficient (Wildman–Crippen LogP) is 3.86. The molecule has 0 saturated heterocycles. The lowest BCUT2D eigenvalue weighted by atomic mass is 10.0. The van der Waals surface area contributed by atoms with Crippen molar-refractivity contribution in [3.63, 3.8) is 0 Å². The number of aliphatic hydroxyl groups is 1. The minimum absolute atomic E-state index is 0.184. The predicted molar refractivity (Wildman–Crippen MR) is 83.9 cm³/mol. The Kier molecular flexibility index (Phi) is 5.77. The van der Waals surface area contributed by atoms with Crippen LogP contribution in [0.15, 0.2) is 30.3 Å². The van der Waals surface area contributed by atoms with Crippen LogP contribution in [0.5, 0.6) is 0 Å². The molecule has 1 atom stereocenters. The van der Waals surface area contributed by atoms with Gasteiger partial charge in [-0.15, -0.1) is 0 Å². The monoisotopic (exact) mass is 280 g/mol. The molecule has 2 nitrogen and oxygen atoms in total. The molecular weight excluding hydrogens is 252 g/mol. The summed E-state index contributed by atoms with van der Waals surface area (Å²) >= 11 is 0. The van der Waals surface area contributed by atoms with Gasteiger partial charge in [-0.05, 0) is 30.1 Å². The number of hydrogen-bond acceptors (Lipinski definition) is 2. The fraction of sp³-hybridized carbons (Fsp3) is 0.625. The molecule has 0 amide bonds. The van der Waals surface area contributed by atoms with E-state index >= 15 is 0 Å². The maximum absolute atomic E-state index is 9.52.